The molecule has 9 aromatic carbocycles. The van der Waals surface area contributed by atoms with Gasteiger partial charge >= 0.3 is 0 Å². The highest BCUT2D eigenvalue weighted by Crippen LogP contribution is 2.60. The van der Waals surface area contributed by atoms with Crippen molar-refractivity contribution in [2.75, 3.05) is 4.90 Å². The summed E-state index contributed by atoms with van der Waals surface area (Å²) < 4.78 is 0. The number of hydrogen-bond donors (Lipinski definition) is 0. The summed E-state index contributed by atoms with van der Waals surface area (Å²) in [6.45, 7) is 4.74. The van der Waals surface area contributed by atoms with Crippen molar-refractivity contribution in [3.8, 4) is 33.4 Å². The number of para-hydroxylation sites is 1. The molecule has 0 saturated carbocycles. The molecule has 1 nitrogen and oxygen atoms in total. The molecular formula is C56H41N. The molecule has 0 heterocycles. The molecule has 2 aliphatic carbocycles. The molecule has 0 atom stereocenters. The number of hydrogen-bond acceptors (Lipinski definition) is 1. The summed E-state index contributed by atoms with van der Waals surface area (Å²) in [5.41, 5.74) is 18.3. The van der Waals surface area contributed by atoms with Crippen molar-refractivity contribution in [2.45, 2.75) is 24.7 Å². The molecule has 270 valence electrons. The first-order valence-electron chi connectivity index (χ1n) is 20.0. The average Bonchev–Trinajstić information content (AvgIpc) is 3.70. The molecule has 9 aromatic rings. The van der Waals surface area contributed by atoms with Gasteiger partial charge in [0.2, 0.25) is 0 Å². The maximum atomic E-state index is 2.50. The number of nitrogens with zero attached hydrogens (tertiary/aromatic N) is 1. The number of fused-ring (bicyclic) bond motifs is 8. The van der Waals surface area contributed by atoms with E-state index >= 15 is 0 Å². The quantitative estimate of drug-likeness (QED) is 0.165. The van der Waals surface area contributed by atoms with Crippen LogP contribution in [0.15, 0.2) is 212 Å². The van der Waals surface area contributed by atoms with Gasteiger partial charge in [-0.2, -0.15) is 0 Å². The first-order chi connectivity index (χ1) is 28.0. The lowest BCUT2D eigenvalue weighted by Gasteiger charge is -2.35. The van der Waals surface area contributed by atoms with E-state index in [0.29, 0.717) is 0 Å². The van der Waals surface area contributed by atoms with Crippen molar-refractivity contribution in [1.29, 1.82) is 0 Å². The van der Waals surface area contributed by atoms with Crippen molar-refractivity contribution in [2.24, 2.45) is 0 Å². The highest BCUT2D eigenvalue weighted by molar-refractivity contribution is 6.09. The molecule has 11 rings (SSSR count). The Morgan fingerprint density at radius 2 is 0.930 bits per heavy atom. The third-order valence-corrected chi connectivity index (χ3v) is 12.7. The molecule has 57 heavy (non-hydrogen) atoms. The van der Waals surface area contributed by atoms with E-state index < -0.39 is 5.41 Å². The topological polar surface area (TPSA) is 3.24 Å². The van der Waals surface area contributed by atoms with Crippen LogP contribution in [0.1, 0.15) is 47.2 Å². The number of anilines is 3. The predicted molar refractivity (Wildman–Crippen MR) is 239 cm³/mol. The lowest BCUT2D eigenvalue weighted by atomic mass is 9.66. The van der Waals surface area contributed by atoms with E-state index in [0.717, 1.165) is 17.1 Å². The van der Waals surface area contributed by atoms with Gasteiger partial charge in [-0.25, -0.2) is 0 Å². The van der Waals surface area contributed by atoms with Crippen molar-refractivity contribution in [1.82, 2.24) is 0 Å². The van der Waals surface area contributed by atoms with Crippen molar-refractivity contribution in [3.63, 3.8) is 0 Å². The first kappa shape index (κ1) is 33.4. The van der Waals surface area contributed by atoms with E-state index in [-0.39, 0.29) is 5.41 Å². The van der Waals surface area contributed by atoms with Gasteiger partial charge in [-0.1, -0.05) is 190 Å². The Morgan fingerprint density at radius 1 is 0.351 bits per heavy atom. The summed E-state index contributed by atoms with van der Waals surface area (Å²) in [7, 11) is 0. The van der Waals surface area contributed by atoms with E-state index in [2.05, 4.69) is 231 Å². The van der Waals surface area contributed by atoms with Gasteiger partial charge in [0, 0.05) is 22.2 Å². The first-order valence-corrected chi connectivity index (χ1v) is 20.0. The van der Waals surface area contributed by atoms with E-state index in [4.69, 9.17) is 0 Å². The molecule has 0 aromatic heterocycles. The Labute approximate surface area is 335 Å². The largest absolute Gasteiger partial charge is 0.310 e. The van der Waals surface area contributed by atoms with E-state index in [1.807, 2.05) is 0 Å². The van der Waals surface area contributed by atoms with Crippen molar-refractivity contribution in [3.05, 3.63) is 246 Å². The van der Waals surface area contributed by atoms with Gasteiger partial charge in [0.1, 0.15) is 0 Å². The van der Waals surface area contributed by atoms with Crippen LogP contribution in [0.25, 0.3) is 44.2 Å². The molecule has 0 unspecified atom stereocenters. The molecule has 1 heteroatoms. The summed E-state index contributed by atoms with van der Waals surface area (Å²) in [6, 6.07) is 78.8. The van der Waals surface area contributed by atoms with Crippen LogP contribution in [0, 0.1) is 0 Å². The highest BCUT2D eigenvalue weighted by Gasteiger charge is 2.48. The van der Waals surface area contributed by atoms with Gasteiger partial charge in [-0.05, 0) is 109 Å². The van der Waals surface area contributed by atoms with Crippen LogP contribution < -0.4 is 4.90 Å². The van der Waals surface area contributed by atoms with Gasteiger partial charge in [-0.3, -0.25) is 0 Å². The molecule has 0 amide bonds. The van der Waals surface area contributed by atoms with Gasteiger partial charge in [-0.15, -0.1) is 0 Å². The standard InChI is InChI=1S/C56H41N/c1-55(2)50-30-18-17-27-44(50)45-33-32-43(36-52(45)55)57(42-25-13-6-14-26-42)53-37-49-48-35-39(38-19-7-3-8-20-38)31-34-51(48)56(40-21-9-4-10-22-40,41-23-11-5-12-24-41)54(49)47-29-16-15-28-46(47)53/h3-37H,1-2H3. The Balaban J connectivity index is 1.25. The second-order valence-electron chi connectivity index (χ2n) is 16.0. The molecule has 0 saturated heterocycles. The maximum Gasteiger partial charge on any atom is 0.0719 e. The van der Waals surface area contributed by atoms with E-state index in [1.165, 1.54) is 77.5 Å². The summed E-state index contributed by atoms with van der Waals surface area (Å²) in [5, 5.41) is 2.47. The second-order valence-corrected chi connectivity index (χ2v) is 16.0. The fourth-order valence-electron chi connectivity index (χ4n) is 10.2. The summed E-state index contributed by atoms with van der Waals surface area (Å²) in [5.74, 6) is 0. The Hall–Kier alpha value is -6.96. The third-order valence-electron chi connectivity index (χ3n) is 12.7. The third kappa shape index (κ3) is 4.89. The van der Waals surface area contributed by atoms with Crippen LogP contribution >= 0.6 is 0 Å². The number of benzene rings is 9. The minimum Gasteiger partial charge on any atom is -0.310 e. The zero-order chi connectivity index (χ0) is 38.1. The van der Waals surface area contributed by atoms with Crippen molar-refractivity contribution < 1.29 is 0 Å². The number of rotatable bonds is 6. The zero-order valence-electron chi connectivity index (χ0n) is 32.2. The molecule has 2 aliphatic rings. The van der Waals surface area contributed by atoms with Crippen LogP contribution in [-0.2, 0) is 10.8 Å². The molecule has 0 fully saturated rings. The molecular weight excluding hydrogens is 687 g/mol. The molecule has 0 aliphatic heterocycles. The minimum atomic E-state index is -0.540. The SMILES string of the molecule is CC1(C)c2ccccc2-c2ccc(N(c3ccccc3)c3cc4c(c5ccccc35)C(c3ccccc3)(c3ccccc3)c3ccc(-c5ccccc5)cc3-4)cc21. The molecule has 0 radical (unpaired) electrons. The fourth-order valence-corrected chi connectivity index (χ4v) is 10.2. The lowest BCUT2D eigenvalue weighted by molar-refractivity contribution is 0.660. The predicted octanol–water partition coefficient (Wildman–Crippen LogP) is 14.6. The second kappa shape index (κ2) is 12.8. The summed E-state index contributed by atoms with van der Waals surface area (Å²) in [4.78, 5) is 2.49. The average molecular weight is 728 g/mol. The van der Waals surface area contributed by atoms with Gasteiger partial charge in [0.25, 0.3) is 0 Å². The van der Waals surface area contributed by atoms with E-state index in [9.17, 15) is 0 Å². The van der Waals surface area contributed by atoms with E-state index in [1.54, 1.807) is 0 Å². The molecule has 0 spiro atoms. The summed E-state index contributed by atoms with van der Waals surface area (Å²) in [6.07, 6.45) is 0. The van der Waals surface area contributed by atoms with Gasteiger partial charge in [0.05, 0.1) is 11.1 Å². The lowest BCUT2D eigenvalue weighted by Crippen LogP contribution is -2.29. The Kier molecular flexibility index (Phi) is 7.50. The van der Waals surface area contributed by atoms with Crippen LogP contribution in [0.4, 0.5) is 17.1 Å². The summed E-state index contributed by atoms with van der Waals surface area (Å²) >= 11 is 0. The Morgan fingerprint density at radius 3 is 1.63 bits per heavy atom. The van der Waals surface area contributed by atoms with Gasteiger partial charge in [0.15, 0.2) is 0 Å². The minimum absolute atomic E-state index is 0.123. The maximum absolute atomic E-state index is 2.50. The zero-order valence-corrected chi connectivity index (χ0v) is 32.2. The van der Waals surface area contributed by atoms with Crippen LogP contribution in [0.2, 0.25) is 0 Å². The smallest absolute Gasteiger partial charge is 0.0719 e. The highest BCUT2D eigenvalue weighted by atomic mass is 15.1. The van der Waals surface area contributed by atoms with Gasteiger partial charge < -0.3 is 4.90 Å². The van der Waals surface area contributed by atoms with Crippen LogP contribution in [0.3, 0.4) is 0 Å². The molecule has 0 bridgehead atoms. The normalized spacial score (nSPS) is 14.1. The Bertz CT molecular complexity index is 2920. The van der Waals surface area contributed by atoms with Crippen LogP contribution in [-0.4, -0.2) is 0 Å². The van der Waals surface area contributed by atoms with Crippen molar-refractivity contribution >= 4 is 27.8 Å². The molecule has 0 N–H and O–H groups in total. The van der Waals surface area contributed by atoms with Crippen LogP contribution in [0.5, 0.6) is 0 Å². The monoisotopic (exact) mass is 727 g/mol. The fraction of sp³-hybridized carbons (Fsp3) is 0.0714.